The molecule has 2 atom stereocenters. The van der Waals surface area contributed by atoms with Crippen LogP contribution in [0.4, 0.5) is 17.6 Å². The Morgan fingerprint density at radius 1 is 0.933 bits per heavy atom. The molecule has 2 aliphatic heterocycles. The molecule has 5 rings (SSSR count). The van der Waals surface area contributed by atoms with Crippen LogP contribution in [0.15, 0.2) is 66.9 Å². The van der Waals surface area contributed by atoms with Crippen LogP contribution in [0.2, 0.25) is 0 Å². The molecule has 0 N–H and O–H groups in total. The zero-order valence-corrected chi connectivity index (χ0v) is 24.9. The molecule has 3 heterocycles. The molecule has 0 aliphatic carbocycles. The molecule has 0 bridgehead atoms. The predicted molar refractivity (Wildman–Crippen MR) is 159 cm³/mol. The van der Waals surface area contributed by atoms with Gasteiger partial charge in [0.1, 0.15) is 17.6 Å². The van der Waals surface area contributed by atoms with E-state index >= 15 is 4.39 Å². The summed E-state index contributed by atoms with van der Waals surface area (Å²) in [5, 5.41) is 0. The number of ether oxygens (including phenoxy) is 1. The highest BCUT2D eigenvalue weighted by Crippen LogP contribution is 2.31. The molecule has 2 saturated heterocycles. The summed E-state index contributed by atoms with van der Waals surface area (Å²) in [6.07, 6.45) is -2.96. The van der Waals surface area contributed by atoms with Gasteiger partial charge in [0.25, 0.3) is 5.91 Å². The van der Waals surface area contributed by atoms with Crippen molar-refractivity contribution in [1.82, 2.24) is 14.8 Å². The van der Waals surface area contributed by atoms with Crippen LogP contribution in [0.25, 0.3) is 0 Å². The molecule has 1 amide bonds. The first-order chi connectivity index (χ1) is 21.5. The van der Waals surface area contributed by atoms with Crippen molar-refractivity contribution in [3.63, 3.8) is 0 Å². The Kier molecular flexibility index (Phi) is 9.96. The van der Waals surface area contributed by atoms with E-state index in [0.29, 0.717) is 55.8 Å². The molecule has 2 fully saturated rings. The number of nitrogens with zero attached hydrogens (tertiary/aromatic N) is 3. The number of aromatic nitrogens is 1. The number of rotatable bonds is 9. The van der Waals surface area contributed by atoms with Crippen LogP contribution in [0.1, 0.15) is 68.0 Å². The van der Waals surface area contributed by atoms with E-state index < -0.39 is 23.8 Å². The van der Waals surface area contributed by atoms with Gasteiger partial charge in [0.2, 0.25) is 0 Å². The average Bonchev–Trinajstić information content (AvgIpc) is 3.05. The van der Waals surface area contributed by atoms with Gasteiger partial charge in [-0.2, -0.15) is 13.2 Å². The molecular formula is C34H35F4N3O4. The Bertz CT molecular complexity index is 1500. The van der Waals surface area contributed by atoms with E-state index in [0.717, 1.165) is 12.1 Å². The standard InChI is InChI=1S/C34H35F4N3O4/c1-45-28-8-5-23(6-9-28)32(43)24-12-15-41(16-13-24)33(44)30-10-7-26(19-39-30)31(42)18-25-11-14-40(21-29(25)35)20-22-3-2-4-27(17-22)34(36,37)38/h2-10,17,19,24-25,29H,11-16,18,20-21H2,1H3/t25?,29-/m0/s1. The fourth-order valence-corrected chi connectivity index (χ4v) is 6.03. The lowest BCUT2D eigenvalue weighted by atomic mass is 9.88. The van der Waals surface area contributed by atoms with Crippen LogP contribution >= 0.6 is 0 Å². The number of Topliss-reactive ketones (excluding diaryl/α,β-unsaturated/α-hetero) is 2. The fourth-order valence-electron chi connectivity index (χ4n) is 6.03. The SMILES string of the molecule is COc1ccc(C(=O)C2CCN(C(=O)c3ccc(C(=O)CC4CCN(Cc5cccc(C(F)(F)F)c5)C[C@@H]4F)cn3)CC2)cc1. The maximum atomic E-state index is 15.1. The summed E-state index contributed by atoms with van der Waals surface area (Å²) in [6, 6.07) is 15.0. The van der Waals surface area contributed by atoms with Crippen molar-refractivity contribution >= 4 is 17.5 Å². The summed E-state index contributed by atoms with van der Waals surface area (Å²) in [6.45, 7) is 1.52. The second-order valence-electron chi connectivity index (χ2n) is 11.7. The van der Waals surface area contributed by atoms with Gasteiger partial charge < -0.3 is 9.64 Å². The Morgan fingerprint density at radius 2 is 1.64 bits per heavy atom. The smallest absolute Gasteiger partial charge is 0.416 e. The summed E-state index contributed by atoms with van der Waals surface area (Å²) < 4.78 is 59.3. The number of piperidine rings is 2. The van der Waals surface area contributed by atoms with Crippen LogP contribution in [0.5, 0.6) is 5.75 Å². The number of hydrogen-bond donors (Lipinski definition) is 0. The predicted octanol–water partition coefficient (Wildman–Crippen LogP) is 6.28. The van der Waals surface area contributed by atoms with Crippen molar-refractivity contribution < 1.29 is 36.7 Å². The number of carbonyl (C=O) groups excluding carboxylic acids is 3. The number of pyridine rings is 1. The zero-order chi connectivity index (χ0) is 32.1. The lowest BCUT2D eigenvalue weighted by Gasteiger charge is -2.34. The molecule has 0 saturated carbocycles. The molecule has 7 nitrogen and oxygen atoms in total. The third kappa shape index (κ3) is 7.94. The molecule has 2 aliphatic rings. The topological polar surface area (TPSA) is 79.8 Å². The Hall–Kier alpha value is -4.12. The zero-order valence-electron chi connectivity index (χ0n) is 24.9. The van der Waals surface area contributed by atoms with Crippen LogP contribution in [-0.4, -0.2) is 71.7 Å². The first-order valence-electron chi connectivity index (χ1n) is 15.0. The van der Waals surface area contributed by atoms with Gasteiger partial charge in [-0.3, -0.25) is 24.3 Å². The molecule has 238 valence electrons. The first-order valence-corrected chi connectivity index (χ1v) is 15.0. The fraction of sp³-hybridized carbons (Fsp3) is 0.412. The first kappa shape index (κ1) is 32.3. The number of likely N-dealkylation sites (tertiary alicyclic amines) is 2. The molecule has 1 unspecified atom stereocenters. The number of halogens is 4. The van der Waals surface area contributed by atoms with Gasteiger partial charge in [-0.1, -0.05) is 18.2 Å². The van der Waals surface area contributed by atoms with Crippen molar-refractivity contribution in [2.45, 2.75) is 44.6 Å². The number of alkyl halides is 4. The van der Waals surface area contributed by atoms with Gasteiger partial charge in [-0.15, -0.1) is 0 Å². The van der Waals surface area contributed by atoms with Crippen molar-refractivity contribution in [2.75, 3.05) is 33.3 Å². The van der Waals surface area contributed by atoms with E-state index in [-0.39, 0.29) is 54.2 Å². The largest absolute Gasteiger partial charge is 0.497 e. The maximum absolute atomic E-state index is 15.1. The number of carbonyl (C=O) groups is 3. The lowest BCUT2D eigenvalue weighted by Crippen LogP contribution is -2.42. The van der Waals surface area contributed by atoms with Gasteiger partial charge >= 0.3 is 6.18 Å². The van der Waals surface area contributed by atoms with E-state index in [9.17, 15) is 27.6 Å². The van der Waals surface area contributed by atoms with Gasteiger partial charge in [-0.05, 0) is 79.8 Å². The van der Waals surface area contributed by atoms with Gasteiger partial charge in [0.05, 0.1) is 12.7 Å². The van der Waals surface area contributed by atoms with Crippen molar-refractivity contribution in [2.24, 2.45) is 11.8 Å². The minimum Gasteiger partial charge on any atom is -0.497 e. The average molecular weight is 626 g/mol. The summed E-state index contributed by atoms with van der Waals surface area (Å²) in [4.78, 5) is 46.5. The van der Waals surface area contributed by atoms with E-state index in [1.54, 1.807) is 47.2 Å². The lowest BCUT2D eigenvalue weighted by molar-refractivity contribution is -0.137. The van der Waals surface area contributed by atoms with E-state index in [1.807, 2.05) is 0 Å². The minimum absolute atomic E-state index is 0.0245. The highest BCUT2D eigenvalue weighted by atomic mass is 19.4. The van der Waals surface area contributed by atoms with Crippen molar-refractivity contribution in [3.8, 4) is 5.75 Å². The van der Waals surface area contributed by atoms with Crippen LogP contribution in [0.3, 0.4) is 0 Å². The Labute approximate surface area is 259 Å². The summed E-state index contributed by atoms with van der Waals surface area (Å²) in [7, 11) is 1.56. The van der Waals surface area contributed by atoms with Crippen molar-refractivity contribution in [1.29, 1.82) is 0 Å². The minimum atomic E-state index is -4.44. The van der Waals surface area contributed by atoms with Gasteiger partial charge in [0.15, 0.2) is 11.6 Å². The maximum Gasteiger partial charge on any atom is 0.416 e. The Balaban J connectivity index is 1.09. The van der Waals surface area contributed by atoms with Gasteiger partial charge in [-0.25, -0.2) is 4.39 Å². The van der Waals surface area contributed by atoms with E-state index in [4.69, 9.17) is 4.74 Å². The molecule has 2 aromatic carbocycles. The van der Waals surface area contributed by atoms with Crippen LogP contribution < -0.4 is 4.74 Å². The highest BCUT2D eigenvalue weighted by molar-refractivity contribution is 5.99. The van der Waals surface area contributed by atoms with E-state index in [2.05, 4.69) is 4.98 Å². The third-order valence-electron chi connectivity index (χ3n) is 8.70. The molecule has 11 heteroatoms. The quantitative estimate of drug-likeness (QED) is 0.206. The summed E-state index contributed by atoms with van der Waals surface area (Å²) in [5.74, 6) is -0.530. The number of amides is 1. The number of ketones is 2. The molecule has 0 radical (unpaired) electrons. The molecular weight excluding hydrogens is 590 g/mol. The molecule has 0 spiro atoms. The number of hydrogen-bond acceptors (Lipinski definition) is 6. The van der Waals surface area contributed by atoms with E-state index in [1.165, 1.54) is 24.4 Å². The van der Waals surface area contributed by atoms with Crippen LogP contribution in [0, 0.1) is 11.8 Å². The van der Waals surface area contributed by atoms with Gasteiger partial charge in [0, 0.05) is 55.8 Å². The van der Waals surface area contributed by atoms with Crippen molar-refractivity contribution in [3.05, 3.63) is 94.8 Å². The molecule has 1 aromatic heterocycles. The monoisotopic (exact) mass is 625 g/mol. The molecule has 45 heavy (non-hydrogen) atoms. The second-order valence-corrected chi connectivity index (χ2v) is 11.7. The third-order valence-corrected chi connectivity index (χ3v) is 8.70. The number of benzene rings is 2. The second kappa shape index (κ2) is 13.9. The van der Waals surface area contributed by atoms with Crippen LogP contribution in [-0.2, 0) is 12.7 Å². The Morgan fingerprint density at radius 3 is 2.27 bits per heavy atom. The molecule has 3 aromatic rings. The number of methoxy groups -OCH3 is 1. The summed E-state index contributed by atoms with van der Waals surface area (Å²) in [5.41, 5.74) is 0.813. The normalized spacial score (nSPS) is 19.7. The highest BCUT2D eigenvalue weighted by Gasteiger charge is 2.33. The summed E-state index contributed by atoms with van der Waals surface area (Å²) >= 11 is 0.